The van der Waals surface area contributed by atoms with Crippen molar-refractivity contribution in [3.05, 3.63) is 47.4 Å². The largest absolute Gasteiger partial charge is 0.417 e. The van der Waals surface area contributed by atoms with Gasteiger partial charge in [-0.2, -0.15) is 18.3 Å². The molecule has 0 atom stereocenters. The van der Waals surface area contributed by atoms with Gasteiger partial charge in [-0.3, -0.25) is 9.67 Å². The fourth-order valence-electron chi connectivity index (χ4n) is 2.60. The molecule has 0 fully saturated rings. The standard InChI is InChI=1S/C17H14ClF3N4O2S/c1-3-28(26,27)14-4-5-15(18)23-16(14)12-7-13(25(2)24-12)10-6-11(9-22-8-10)17(19,20)21/h4-9H,3H2,1-2H3. The van der Waals surface area contributed by atoms with Crippen LogP contribution >= 0.6 is 11.6 Å². The third-order valence-corrected chi connectivity index (χ3v) is 5.99. The second kappa shape index (κ2) is 7.17. The molecule has 28 heavy (non-hydrogen) atoms. The van der Waals surface area contributed by atoms with E-state index in [1.54, 1.807) is 0 Å². The predicted octanol–water partition coefficient (Wildman–Crippen LogP) is 4.01. The fourth-order valence-corrected chi connectivity index (χ4v) is 3.78. The van der Waals surface area contributed by atoms with Crippen molar-refractivity contribution < 1.29 is 21.6 Å². The van der Waals surface area contributed by atoms with E-state index in [0.717, 1.165) is 12.3 Å². The highest BCUT2D eigenvalue weighted by Crippen LogP contribution is 2.33. The van der Waals surface area contributed by atoms with Crippen molar-refractivity contribution in [1.29, 1.82) is 0 Å². The molecule has 0 spiro atoms. The van der Waals surface area contributed by atoms with Gasteiger partial charge >= 0.3 is 6.18 Å². The Morgan fingerprint density at radius 1 is 1.18 bits per heavy atom. The summed E-state index contributed by atoms with van der Waals surface area (Å²) in [6.07, 6.45) is -2.54. The quantitative estimate of drug-likeness (QED) is 0.584. The molecule has 3 heterocycles. The molecule has 0 bridgehead atoms. The van der Waals surface area contributed by atoms with E-state index >= 15 is 0 Å². The molecular weight excluding hydrogens is 417 g/mol. The Hall–Kier alpha value is -2.46. The number of sulfone groups is 1. The third-order valence-electron chi connectivity index (χ3n) is 4.02. The number of halogens is 4. The first kappa shape index (κ1) is 20.3. The molecule has 0 aromatic carbocycles. The molecule has 148 valence electrons. The molecule has 0 aliphatic rings. The molecule has 6 nitrogen and oxygen atoms in total. The highest BCUT2D eigenvalue weighted by molar-refractivity contribution is 7.91. The van der Waals surface area contributed by atoms with Crippen LogP contribution in [0.2, 0.25) is 5.15 Å². The molecule has 0 N–H and O–H groups in total. The molecular formula is C17H14ClF3N4O2S. The van der Waals surface area contributed by atoms with Crippen LogP contribution in [-0.2, 0) is 23.1 Å². The fraction of sp³-hybridized carbons (Fsp3) is 0.235. The molecule has 0 radical (unpaired) electrons. The van der Waals surface area contributed by atoms with Gasteiger partial charge in [0.1, 0.15) is 16.5 Å². The minimum atomic E-state index is -4.54. The van der Waals surface area contributed by atoms with Gasteiger partial charge in [0.2, 0.25) is 0 Å². The number of rotatable bonds is 4. The normalized spacial score (nSPS) is 12.4. The Bertz CT molecular complexity index is 1140. The van der Waals surface area contributed by atoms with Crippen LogP contribution in [0.1, 0.15) is 12.5 Å². The first-order valence-electron chi connectivity index (χ1n) is 7.99. The van der Waals surface area contributed by atoms with Crippen molar-refractivity contribution in [2.24, 2.45) is 7.05 Å². The Morgan fingerprint density at radius 3 is 2.54 bits per heavy atom. The Balaban J connectivity index is 2.16. The van der Waals surface area contributed by atoms with E-state index in [1.807, 2.05) is 0 Å². The molecule has 3 aromatic rings. The molecule has 0 saturated carbocycles. The summed E-state index contributed by atoms with van der Waals surface area (Å²) in [6.45, 7) is 1.49. The summed E-state index contributed by atoms with van der Waals surface area (Å²) >= 11 is 5.92. The lowest BCUT2D eigenvalue weighted by Gasteiger charge is -2.08. The zero-order chi connectivity index (χ0) is 20.7. The molecule has 0 saturated heterocycles. The van der Waals surface area contributed by atoms with E-state index < -0.39 is 21.6 Å². The second-order valence-corrected chi connectivity index (χ2v) is 8.52. The van der Waals surface area contributed by atoms with Crippen LogP contribution in [0.5, 0.6) is 0 Å². The van der Waals surface area contributed by atoms with E-state index in [4.69, 9.17) is 11.6 Å². The predicted molar refractivity (Wildman–Crippen MR) is 97.4 cm³/mol. The Labute approximate surface area is 163 Å². The van der Waals surface area contributed by atoms with Crippen LogP contribution in [0.25, 0.3) is 22.6 Å². The van der Waals surface area contributed by atoms with E-state index in [2.05, 4.69) is 15.1 Å². The van der Waals surface area contributed by atoms with Crippen LogP contribution in [0.3, 0.4) is 0 Å². The lowest BCUT2D eigenvalue weighted by Crippen LogP contribution is -2.07. The second-order valence-electron chi connectivity index (χ2n) is 5.88. The first-order chi connectivity index (χ1) is 13.0. The highest BCUT2D eigenvalue weighted by atomic mass is 35.5. The topological polar surface area (TPSA) is 77.7 Å². The number of alkyl halides is 3. The van der Waals surface area contributed by atoms with Crippen molar-refractivity contribution in [3.8, 4) is 22.6 Å². The summed E-state index contributed by atoms with van der Waals surface area (Å²) in [5.74, 6) is -0.152. The van der Waals surface area contributed by atoms with E-state index in [1.165, 1.54) is 43.0 Å². The van der Waals surface area contributed by atoms with Gasteiger partial charge in [-0.05, 0) is 24.3 Å². The van der Waals surface area contributed by atoms with Crippen molar-refractivity contribution >= 4 is 21.4 Å². The number of nitrogens with zero attached hydrogens (tertiary/aromatic N) is 4. The Morgan fingerprint density at radius 2 is 1.89 bits per heavy atom. The zero-order valence-corrected chi connectivity index (χ0v) is 16.3. The van der Waals surface area contributed by atoms with E-state index in [9.17, 15) is 21.6 Å². The van der Waals surface area contributed by atoms with Crippen molar-refractivity contribution in [2.45, 2.75) is 18.0 Å². The summed E-state index contributed by atoms with van der Waals surface area (Å²) in [7, 11) is -2.09. The van der Waals surface area contributed by atoms with E-state index in [-0.39, 0.29) is 32.8 Å². The lowest BCUT2D eigenvalue weighted by atomic mass is 10.1. The van der Waals surface area contributed by atoms with Crippen molar-refractivity contribution in [2.75, 3.05) is 5.75 Å². The van der Waals surface area contributed by atoms with Crippen LogP contribution < -0.4 is 0 Å². The summed E-state index contributed by atoms with van der Waals surface area (Å²) in [4.78, 5) is 7.67. The van der Waals surface area contributed by atoms with Crippen LogP contribution in [0.4, 0.5) is 13.2 Å². The van der Waals surface area contributed by atoms with Gasteiger partial charge in [0.05, 0.1) is 21.9 Å². The van der Waals surface area contributed by atoms with Gasteiger partial charge in [-0.1, -0.05) is 18.5 Å². The summed E-state index contributed by atoms with van der Waals surface area (Å²) in [6, 6.07) is 5.09. The third kappa shape index (κ3) is 3.88. The molecule has 0 unspecified atom stereocenters. The minimum Gasteiger partial charge on any atom is -0.267 e. The molecule has 3 aromatic heterocycles. The van der Waals surface area contributed by atoms with Gasteiger partial charge in [-0.25, -0.2) is 13.4 Å². The summed E-state index contributed by atoms with van der Waals surface area (Å²) in [5, 5.41) is 4.29. The maximum atomic E-state index is 13.0. The highest BCUT2D eigenvalue weighted by Gasteiger charge is 2.31. The number of aryl methyl sites for hydroxylation is 1. The van der Waals surface area contributed by atoms with Gasteiger partial charge in [0.15, 0.2) is 9.84 Å². The lowest BCUT2D eigenvalue weighted by molar-refractivity contribution is -0.137. The zero-order valence-electron chi connectivity index (χ0n) is 14.7. The maximum Gasteiger partial charge on any atom is 0.417 e. The Kier molecular flexibility index (Phi) is 5.20. The van der Waals surface area contributed by atoms with Gasteiger partial charge in [0, 0.05) is 25.0 Å². The molecule has 0 aliphatic carbocycles. The monoisotopic (exact) mass is 430 g/mol. The SMILES string of the molecule is CCS(=O)(=O)c1ccc(Cl)nc1-c1cc(-c2cncc(C(F)(F)F)c2)n(C)n1. The number of hydrogen-bond donors (Lipinski definition) is 0. The smallest absolute Gasteiger partial charge is 0.267 e. The maximum absolute atomic E-state index is 13.0. The summed E-state index contributed by atoms with van der Waals surface area (Å²) < 4.78 is 65.0. The molecule has 0 aliphatic heterocycles. The van der Waals surface area contributed by atoms with Crippen LogP contribution in [0.15, 0.2) is 41.6 Å². The van der Waals surface area contributed by atoms with E-state index in [0.29, 0.717) is 5.69 Å². The number of pyridine rings is 2. The average molecular weight is 431 g/mol. The van der Waals surface area contributed by atoms with Gasteiger partial charge in [0.25, 0.3) is 0 Å². The van der Waals surface area contributed by atoms with Gasteiger partial charge < -0.3 is 0 Å². The van der Waals surface area contributed by atoms with Crippen molar-refractivity contribution in [1.82, 2.24) is 19.7 Å². The number of aromatic nitrogens is 4. The number of hydrogen-bond acceptors (Lipinski definition) is 5. The average Bonchev–Trinajstić information content (AvgIpc) is 3.02. The molecule has 3 rings (SSSR count). The minimum absolute atomic E-state index is 0.0381. The van der Waals surface area contributed by atoms with Gasteiger partial charge in [-0.15, -0.1) is 0 Å². The first-order valence-corrected chi connectivity index (χ1v) is 10.0. The molecule has 0 amide bonds. The van der Waals surface area contributed by atoms with Crippen molar-refractivity contribution in [3.63, 3.8) is 0 Å². The van der Waals surface area contributed by atoms with Crippen LogP contribution in [-0.4, -0.2) is 33.9 Å². The summed E-state index contributed by atoms with van der Waals surface area (Å²) in [5.41, 5.74) is -0.198. The molecule has 11 heteroatoms. The van der Waals surface area contributed by atoms with Crippen LogP contribution in [0, 0.1) is 0 Å².